The van der Waals surface area contributed by atoms with Crippen LogP contribution in [0.3, 0.4) is 0 Å². The Bertz CT molecular complexity index is 439. The Balaban J connectivity index is 2.36. The van der Waals surface area contributed by atoms with Gasteiger partial charge in [0.25, 0.3) is 0 Å². The van der Waals surface area contributed by atoms with E-state index in [0.717, 1.165) is 9.26 Å². The van der Waals surface area contributed by atoms with Crippen molar-refractivity contribution in [2.75, 3.05) is 11.1 Å². The second-order valence-corrected chi connectivity index (χ2v) is 6.45. The van der Waals surface area contributed by atoms with Crippen LogP contribution in [0.2, 0.25) is 0 Å². The van der Waals surface area contributed by atoms with E-state index in [1.165, 1.54) is 11.8 Å². The molecule has 1 rings (SSSR count). The fraction of sp³-hybridized carbons (Fsp3) is 0.333. The molecule has 1 aromatic rings. The molecule has 18 heavy (non-hydrogen) atoms. The summed E-state index contributed by atoms with van der Waals surface area (Å²) in [5, 5.41) is 11.3. The van der Waals surface area contributed by atoms with E-state index in [1.54, 1.807) is 6.92 Å². The predicted octanol–water partition coefficient (Wildman–Crippen LogP) is 2.83. The molecule has 0 saturated carbocycles. The van der Waals surface area contributed by atoms with Gasteiger partial charge in [-0.1, -0.05) is 13.0 Å². The van der Waals surface area contributed by atoms with Crippen molar-refractivity contribution < 1.29 is 14.7 Å². The van der Waals surface area contributed by atoms with Crippen LogP contribution in [-0.2, 0) is 9.59 Å². The molecule has 0 aliphatic carbocycles. The van der Waals surface area contributed by atoms with Gasteiger partial charge in [0, 0.05) is 14.5 Å². The molecule has 1 atom stereocenters. The lowest BCUT2D eigenvalue weighted by Gasteiger charge is -2.09. The Kier molecular flexibility index (Phi) is 6.48. The Labute approximate surface area is 124 Å². The average molecular weight is 379 g/mol. The minimum Gasteiger partial charge on any atom is -0.481 e. The van der Waals surface area contributed by atoms with Crippen molar-refractivity contribution >= 4 is 51.9 Å². The molecule has 0 bridgehead atoms. The van der Waals surface area contributed by atoms with E-state index in [4.69, 9.17) is 5.11 Å². The van der Waals surface area contributed by atoms with Crippen LogP contribution < -0.4 is 5.32 Å². The Morgan fingerprint density at radius 3 is 2.83 bits per heavy atom. The lowest BCUT2D eigenvalue weighted by molar-refractivity contribution is -0.136. The number of carbonyl (C=O) groups is 2. The number of anilines is 1. The molecule has 0 spiro atoms. The smallest absolute Gasteiger partial charge is 0.304 e. The highest BCUT2D eigenvalue weighted by atomic mass is 127. The number of halogens is 1. The number of hydrogen-bond acceptors (Lipinski definition) is 3. The van der Waals surface area contributed by atoms with Crippen molar-refractivity contribution in [1.29, 1.82) is 0 Å². The first-order valence-electron chi connectivity index (χ1n) is 5.36. The van der Waals surface area contributed by atoms with Gasteiger partial charge in [0.2, 0.25) is 5.91 Å². The quantitative estimate of drug-likeness (QED) is 0.747. The predicted molar refractivity (Wildman–Crippen MR) is 82.0 cm³/mol. The number of nitrogens with one attached hydrogen (secondary N) is 1. The van der Waals surface area contributed by atoms with Crippen LogP contribution in [0.25, 0.3) is 0 Å². The van der Waals surface area contributed by atoms with Gasteiger partial charge in [-0.2, -0.15) is 0 Å². The molecule has 0 aliphatic rings. The van der Waals surface area contributed by atoms with E-state index >= 15 is 0 Å². The second kappa shape index (κ2) is 7.63. The normalized spacial score (nSPS) is 11.9. The Hall–Kier alpha value is -0.760. The standard InChI is InChI=1S/C12H14INO3S/c1-8(5-12(16)17)18-7-11(15)14-10-4-2-3-9(13)6-10/h2-4,6,8H,5,7H2,1H3,(H,14,15)(H,16,17). The molecule has 1 amide bonds. The third-order valence-electron chi connectivity index (χ3n) is 2.07. The topological polar surface area (TPSA) is 66.4 Å². The number of carboxylic acids is 1. The molecular formula is C12H14INO3S. The molecular weight excluding hydrogens is 365 g/mol. The number of benzene rings is 1. The molecule has 2 N–H and O–H groups in total. The van der Waals surface area contributed by atoms with Gasteiger partial charge >= 0.3 is 5.97 Å². The summed E-state index contributed by atoms with van der Waals surface area (Å²) in [5.41, 5.74) is 0.762. The van der Waals surface area contributed by atoms with E-state index in [0.29, 0.717) is 0 Å². The number of carboxylic acid groups (broad SMARTS) is 1. The third kappa shape index (κ3) is 6.25. The molecule has 4 nitrogen and oxygen atoms in total. The number of rotatable bonds is 6. The Morgan fingerprint density at radius 2 is 2.22 bits per heavy atom. The number of thioether (sulfide) groups is 1. The van der Waals surface area contributed by atoms with Crippen LogP contribution in [-0.4, -0.2) is 28.0 Å². The van der Waals surface area contributed by atoms with Crippen molar-refractivity contribution in [2.45, 2.75) is 18.6 Å². The molecule has 0 aromatic heterocycles. The molecule has 0 aliphatic heterocycles. The van der Waals surface area contributed by atoms with Gasteiger partial charge < -0.3 is 10.4 Å². The number of amides is 1. The summed E-state index contributed by atoms with van der Waals surface area (Å²) in [6, 6.07) is 7.52. The first-order chi connectivity index (χ1) is 8.47. The van der Waals surface area contributed by atoms with E-state index in [1.807, 2.05) is 24.3 Å². The third-order valence-corrected chi connectivity index (χ3v) is 3.90. The first-order valence-corrected chi connectivity index (χ1v) is 7.49. The van der Waals surface area contributed by atoms with E-state index in [-0.39, 0.29) is 23.3 Å². The number of hydrogen-bond donors (Lipinski definition) is 2. The van der Waals surface area contributed by atoms with E-state index in [2.05, 4.69) is 27.9 Å². The zero-order valence-corrected chi connectivity index (χ0v) is 12.8. The van der Waals surface area contributed by atoms with Crippen LogP contribution in [0.15, 0.2) is 24.3 Å². The van der Waals surface area contributed by atoms with E-state index < -0.39 is 5.97 Å². The summed E-state index contributed by atoms with van der Waals surface area (Å²) in [7, 11) is 0. The molecule has 98 valence electrons. The van der Waals surface area contributed by atoms with Gasteiger partial charge in [-0.25, -0.2) is 0 Å². The summed E-state index contributed by atoms with van der Waals surface area (Å²) >= 11 is 3.52. The molecule has 1 aromatic carbocycles. The van der Waals surface area contributed by atoms with Gasteiger partial charge in [-0.15, -0.1) is 11.8 Å². The maximum atomic E-state index is 11.6. The van der Waals surface area contributed by atoms with Gasteiger partial charge in [0.15, 0.2) is 0 Å². The fourth-order valence-electron chi connectivity index (χ4n) is 1.29. The molecule has 0 radical (unpaired) electrons. The van der Waals surface area contributed by atoms with Crippen LogP contribution in [0.1, 0.15) is 13.3 Å². The molecule has 6 heteroatoms. The van der Waals surface area contributed by atoms with Crippen molar-refractivity contribution in [2.24, 2.45) is 0 Å². The van der Waals surface area contributed by atoms with Crippen LogP contribution in [0.4, 0.5) is 5.69 Å². The Morgan fingerprint density at radius 1 is 1.50 bits per heavy atom. The van der Waals surface area contributed by atoms with Gasteiger partial charge in [-0.3, -0.25) is 9.59 Å². The van der Waals surface area contributed by atoms with Crippen molar-refractivity contribution in [1.82, 2.24) is 0 Å². The van der Waals surface area contributed by atoms with Crippen LogP contribution >= 0.6 is 34.4 Å². The minimum atomic E-state index is -0.840. The minimum absolute atomic E-state index is 0.0656. The second-order valence-electron chi connectivity index (χ2n) is 3.78. The van der Waals surface area contributed by atoms with Gasteiger partial charge in [0.05, 0.1) is 12.2 Å². The summed E-state index contributed by atoms with van der Waals surface area (Å²) in [5.74, 6) is -0.688. The number of carbonyl (C=O) groups excluding carboxylic acids is 1. The zero-order chi connectivity index (χ0) is 13.5. The monoisotopic (exact) mass is 379 g/mol. The summed E-state index contributed by atoms with van der Waals surface area (Å²) in [4.78, 5) is 22.1. The largest absolute Gasteiger partial charge is 0.481 e. The van der Waals surface area contributed by atoms with Crippen LogP contribution in [0, 0.1) is 3.57 Å². The highest BCUT2D eigenvalue weighted by Crippen LogP contribution is 2.16. The molecule has 0 fully saturated rings. The number of aliphatic carboxylic acids is 1. The average Bonchev–Trinajstić information content (AvgIpc) is 2.25. The van der Waals surface area contributed by atoms with Gasteiger partial charge in [-0.05, 0) is 40.8 Å². The highest BCUT2D eigenvalue weighted by molar-refractivity contribution is 14.1. The van der Waals surface area contributed by atoms with Gasteiger partial charge in [0.1, 0.15) is 0 Å². The molecule has 0 heterocycles. The fourth-order valence-corrected chi connectivity index (χ4v) is 2.60. The summed E-state index contributed by atoms with van der Waals surface area (Å²) in [6.07, 6.45) is 0.0706. The maximum Gasteiger partial charge on any atom is 0.304 e. The summed E-state index contributed by atoms with van der Waals surface area (Å²) in [6.45, 7) is 1.80. The lowest BCUT2D eigenvalue weighted by atomic mass is 10.3. The van der Waals surface area contributed by atoms with E-state index in [9.17, 15) is 9.59 Å². The summed E-state index contributed by atoms with van der Waals surface area (Å²) < 4.78 is 1.05. The highest BCUT2D eigenvalue weighted by Gasteiger charge is 2.10. The maximum absolute atomic E-state index is 11.6. The lowest BCUT2D eigenvalue weighted by Crippen LogP contribution is -2.16. The van der Waals surface area contributed by atoms with Crippen LogP contribution in [0.5, 0.6) is 0 Å². The molecule has 1 unspecified atom stereocenters. The SMILES string of the molecule is CC(CC(=O)O)SCC(=O)Nc1cccc(I)c1. The van der Waals surface area contributed by atoms with Crippen molar-refractivity contribution in [3.8, 4) is 0 Å². The van der Waals surface area contributed by atoms with Crippen molar-refractivity contribution in [3.05, 3.63) is 27.8 Å². The first kappa shape index (κ1) is 15.3. The van der Waals surface area contributed by atoms with Crippen molar-refractivity contribution in [3.63, 3.8) is 0 Å². The zero-order valence-electron chi connectivity index (χ0n) is 9.85. The molecule has 0 saturated heterocycles.